The summed E-state index contributed by atoms with van der Waals surface area (Å²) in [4.78, 5) is 101. The summed E-state index contributed by atoms with van der Waals surface area (Å²) in [6, 6.07) is 0.942. The van der Waals surface area contributed by atoms with E-state index in [-0.39, 0.29) is 40.7 Å². The molecule has 0 saturated carbocycles. The molecule has 73 heavy (non-hydrogen) atoms. The molecule has 0 aliphatic carbocycles. The summed E-state index contributed by atoms with van der Waals surface area (Å²) in [5.74, 6) is -1.33. The average molecular weight is 1140 g/mol. The molecular formula is C33H47N12O23P4S+. The zero-order valence-corrected chi connectivity index (χ0v) is 42.1. The van der Waals surface area contributed by atoms with Gasteiger partial charge in [0.25, 0.3) is 17.1 Å². The number of aromatic amines is 2. The second-order valence-corrected chi connectivity index (χ2v) is 24.4. The van der Waals surface area contributed by atoms with Gasteiger partial charge in [0.2, 0.25) is 11.7 Å². The van der Waals surface area contributed by atoms with Crippen LogP contribution < -0.4 is 32.8 Å². The Morgan fingerprint density at radius 2 is 1.52 bits per heavy atom. The van der Waals surface area contributed by atoms with Gasteiger partial charge in [-0.2, -0.15) is 4.31 Å². The number of aliphatic hydroxyl groups excluding tert-OH is 3. The van der Waals surface area contributed by atoms with E-state index < -0.39 is 140 Å². The minimum absolute atomic E-state index is 0.00168. The number of aliphatic hydroxyl groups is 3. The maximum Gasteiger partial charge on any atom is 0.488 e. The number of aryl methyl sites for hydroxylation is 1. The molecule has 402 valence electrons. The highest BCUT2D eigenvalue weighted by atomic mass is 32.5. The van der Waals surface area contributed by atoms with E-state index in [1.165, 1.54) is 40.5 Å². The average Bonchev–Trinajstić information content (AvgIpc) is 4.10. The third kappa shape index (κ3) is 11.4. The van der Waals surface area contributed by atoms with Crippen LogP contribution in [0.25, 0.3) is 22.3 Å². The summed E-state index contributed by atoms with van der Waals surface area (Å²) < 4.78 is 98.4. The smallest absolute Gasteiger partial charge is 0.387 e. The van der Waals surface area contributed by atoms with Crippen molar-refractivity contribution < 1.29 is 99.0 Å². The number of phosphoric acid groups is 2. The van der Waals surface area contributed by atoms with Gasteiger partial charge in [-0.05, 0) is 11.8 Å². The third-order valence-electron chi connectivity index (χ3n) is 11.7. The van der Waals surface area contributed by atoms with Gasteiger partial charge in [-0.1, -0.05) is 4.98 Å². The number of H-pyrrole nitrogens is 2. The summed E-state index contributed by atoms with van der Waals surface area (Å²) in [6.45, 7) is -8.32. The fourth-order valence-electron chi connectivity index (χ4n) is 8.47. The number of nitrogens with two attached hydrogens (primary N) is 2. The molecule has 0 bridgehead atoms. The largest absolute Gasteiger partial charge is 0.488 e. The summed E-state index contributed by atoms with van der Waals surface area (Å²) in [6.07, 6.45) is -11.1. The molecule has 4 unspecified atom stereocenters. The summed E-state index contributed by atoms with van der Waals surface area (Å²) in [5, 5.41) is 32.8. The van der Waals surface area contributed by atoms with Crippen molar-refractivity contribution in [1.29, 1.82) is 0 Å². The van der Waals surface area contributed by atoms with E-state index in [1.807, 2.05) is 4.98 Å². The molecule has 8 rings (SSSR count). The van der Waals surface area contributed by atoms with Gasteiger partial charge in [0.05, 0.1) is 45.9 Å². The van der Waals surface area contributed by atoms with Crippen molar-refractivity contribution in [3.8, 4) is 0 Å². The van der Waals surface area contributed by atoms with Gasteiger partial charge in [0.1, 0.15) is 54.1 Å². The number of nitrogen functional groups attached to an aromatic ring is 2. The second kappa shape index (κ2) is 21.1. The molecule has 16 atom stereocenters. The third-order valence-corrected chi connectivity index (χ3v) is 18.7. The van der Waals surface area contributed by atoms with E-state index in [0.717, 1.165) is 30.3 Å². The van der Waals surface area contributed by atoms with E-state index in [9.17, 15) is 63.0 Å². The lowest BCUT2D eigenvalue weighted by molar-refractivity contribution is -0.745. The number of phosphoric ester groups is 1. The van der Waals surface area contributed by atoms with Gasteiger partial charge in [-0.3, -0.25) is 42.3 Å². The highest BCUT2D eigenvalue weighted by molar-refractivity contribution is 8.08. The van der Waals surface area contributed by atoms with Crippen LogP contribution >= 0.6 is 30.0 Å². The Bertz CT molecular complexity index is 3250. The van der Waals surface area contributed by atoms with Crippen molar-refractivity contribution in [2.75, 3.05) is 52.1 Å². The predicted molar refractivity (Wildman–Crippen MR) is 243 cm³/mol. The van der Waals surface area contributed by atoms with E-state index in [1.54, 1.807) is 0 Å². The number of aromatic nitrogens is 10. The molecule has 0 spiro atoms. The lowest BCUT2D eigenvalue weighted by Gasteiger charge is -2.28. The molecular weight excluding hydrogens is 1090 g/mol. The maximum atomic E-state index is 14.3. The van der Waals surface area contributed by atoms with Crippen LogP contribution in [0.3, 0.4) is 0 Å². The molecule has 3 aliphatic rings. The Kier molecular flexibility index (Phi) is 15.9. The normalized spacial score (nSPS) is 30.9. The van der Waals surface area contributed by atoms with Gasteiger partial charge in [-0.25, -0.2) is 37.8 Å². The first kappa shape index (κ1) is 55.1. The Morgan fingerprint density at radius 1 is 0.822 bits per heavy atom. The Balaban J connectivity index is 0.957. The van der Waals surface area contributed by atoms with Crippen LogP contribution in [0.4, 0.5) is 11.8 Å². The standard InChI is InChI=1S/C33H46N12O23P4S/c1-42-12-45(27-19(42)28(50)41-32(35)40-27)29-20(47)13(6-59-2)14(64-29)7-62-70(54,55)67-71(56,57)68-72(58,73)63-9-16-24(23(60-3)31(66-16)44-11-38-18-25(34)36-10-37-26(18)44)69(52,53)61-8-15-21(48)22(49)30(65-15)43-5-4-17(46)39-33(43)51/h4-5,10-16,20-24,29-31,47-49H,6-9H2,1-3H3,(H9-,34,35,36,37,39,40,41,46,50,51,52,53,54,55,56,57,58,73)/p+1/t13-,14-,15-,16-,20-,21-,22-,23-,24-,29-,30-,31-,72?/m1/s1. The maximum absolute atomic E-state index is 14.3. The number of fused-ring (bicyclic) bond motifs is 2. The lowest BCUT2D eigenvalue weighted by Crippen LogP contribution is -2.45. The highest BCUT2D eigenvalue weighted by Gasteiger charge is 2.57. The monoisotopic (exact) mass is 1140 g/mol. The molecule has 5 aromatic rings. The number of ether oxygens (including phenoxy) is 5. The van der Waals surface area contributed by atoms with Crippen molar-refractivity contribution in [1.82, 2.24) is 43.6 Å². The predicted octanol–water partition coefficient (Wildman–Crippen LogP) is -3.79. The fourth-order valence-corrected chi connectivity index (χ4v) is 14.7. The molecule has 5 aromatic heterocycles. The van der Waals surface area contributed by atoms with Crippen LogP contribution in [0.15, 0.2) is 45.6 Å². The first-order chi connectivity index (χ1) is 34.2. The Labute approximate surface area is 412 Å². The number of hydrogen-bond donors (Lipinski definition) is 11. The number of nitrogens with zero attached hydrogens (tertiary/aromatic N) is 8. The summed E-state index contributed by atoms with van der Waals surface area (Å²) >= 11 is 4.92. The van der Waals surface area contributed by atoms with Crippen LogP contribution in [0.2, 0.25) is 0 Å². The van der Waals surface area contributed by atoms with E-state index in [0.29, 0.717) is 0 Å². The molecule has 13 N–H and O–H groups in total. The van der Waals surface area contributed by atoms with Crippen molar-refractivity contribution in [2.24, 2.45) is 13.0 Å². The van der Waals surface area contributed by atoms with Gasteiger partial charge < -0.3 is 79.1 Å². The summed E-state index contributed by atoms with van der Waals surface area (Å²) in [5.41, 5.74) is 7.57. The Morgan fingerprint density at radius 3 is 2.22 bits per heavy atom. The van der Waals surface area contributed by atoms with Crippen LogP contribution in [-0.4, -0.2) is 168 Å². The molecule has 3 saturated heterocycles. The van der Waals surface area contributed by atoms with Crippen molar-refractivity contribution in [3.63, 3.8) is 0 Å². The number of methoxy groups -OCH3 is 2. The van der Waals surface area contributed by atoms with E-state index in [2.05, 4.69) is 33.5 Å². The minimum atomic E-state index is -5.98. The topological polar surface area (TPSA) is 490 Å². The number of nitrogens with one attached hydrogen (secondary N) is 2. The molecule has 0 radical (unpaired) electrons. The molecule has 0 aromatic carbocycles. The molecule has 40 heteroatoms. The van der Waals surface area contributed by atoms with Crippen LogP contribution in [0, 0.1) is 5.92 Å². The number of anilines is 2. The number of imidazole rings is 2. The zero-order chi connectivity index (χ0) is 53.1. The van der Waals surface area contributed by atoms with Crippen LogP contribution in [0.5, 0.6) is 0 Å². The van der Waals surface area contributed by atoms with Crippen LogP contribution in [0.1, 0.15) is 18.7 Å². The zero-order valence-electron chi connectivity index (χ0n) is 37.7. The quantitative estimate of drug-likeness (QED) is 0.0263. The molecule has 35 nitrogen and oxygen atoms in total. The van der Waals surface area contributed by atoms with Gasteiger partial charge in [-0.15, -0.1) is 0 Å². The lowest BCUT2D eigenvalue weighted by atomic mass is 9.99. The van der Waals surface area contributed by atoms with Gasteiger partial charge >= 0.3 is 41.3 Å². The molecule has 3 fully saturated rings. The molecule has 8 heterocycles. The van der Waals surface area contributed by atoms with Gasteiger partial charge in [0, 0.05) is 32.4 Å². The first-order valence-electron chi connectivity index (χ1n) is 20.9. The van der Waals surface area contributed by atoms with E-state index >= 15 is 0 Å². The van der Waals surface area contributed by atoms with E-state index in [4.69, 9.17) is 60.5 Å². The fraction of sp³-hybridized carbons (Fsp3) is 0.576. The van der Waals surface area contributed by atoms with Crippen molar-refractivity contribution in [2.45, 2.75) is 67.1 Å². The number of rotatable bonds is 20. The molecule has 0 amide bonds. The van der Waals surface area contributed by atoms with Crippen molar-refractivity contribution in [3.05, 3.63) is 62.4 Å². The van der Waals surface area contributed by atoms with Crippen LogP contribution in [-0.2, 0) is 78.4 Å². The minimum Gasteiger partial charge on any atom is -0.387 e. The molecule has 3 aliphatic heterocycles. The number of hydrogen-bond acceptors (Lipinski definition) is 26. The SMILES string of the molecule is COC[C@H]1[C@@H](O)[C@H]([n+]2cn(C)c3c(=O)[nH]c(N)nc32)O[C@@H]1COP(=O)(O)OP(=O)(O)OP(O)(=S)OC[C@H]1O[C@@H](n2cnc3c(N)ncnc32)[C@H](OC)[C@@H]1P(=O)(O)OC[C@H]1O[C@@H](n2ccc(=O)[nH]c2=O)[C@H](O)[C@@H]1O. The van der Waals surface area contributed by atoms with Crippen molar-refractivity contribution >= 4 is 75.9 Å². The Hall–Kier alpha value is -4.16. The summed E-state index contributed by atoms with van der Waals surface area (Å²) in [7, 11) is -13.0. The first-order valence-corrected chi connectivity index (χ1v) is 28.2. The second-order valence-electron chi connectivity index (χ2n) is 16.4. The van der Waals surface area contributed by atoms with Gasteiger partial charge in [0.15, 0.2) is 30.2 Å². The highest BCUT2D eigenvalue weighted by Crippen LogP contribution is 2.68.